The molecule has 0 radical (unpaired) electrons. The average Bonchev–Trinajstić information content (AvgIpc) is 2.64. The van der Waals surface area contributed by atoms with Crippen molar-refractivity contribution in [3.63, 3.8) is 0 Å². The Bertz CT molecular complexity index is 587. The first kappa shape index (κ1) is 17.1. The number of ether oxygens (including phenoxy) is 3. The zero-order valence-electron chi connectivity index (χ0n) is 13.7. The molecule has 2 aromatic rings. The third kappa shape index (κ3) is 5.14. The number of hydrogen-bond acceptors (Lipinski definition) is 4. The molecule has 3 atom stereocenters. The van der Waals surface area contributed by atoms with Crippen molar-refractivity contribution in [2.75, 3.05) is 6.61 Å². The van der Waals surface area contributed by atoms with E-state index in [1.54, 1.807) is 0 Å². The molecule has 2 aromatic carbocycles. The van der Waals surface area contributed by atoms with Crippen molar-refractivity contribution in [3.05, 3.63) is 71.8 Å². The zero-order chi connectivity index (χ0) is 16.6. The minimum atomic E-state index is -0.593. The van der Waals surface area contributed by atoms with E-state index in [0.29, 0.717) is 26.2 Å². The maximum atomic E-state index is 10.1. The van der Waals surface area contributed by atoms with Crippen molar-refractivity contribution < 1.29 is 19.3 Å². The molecule has 1 heterocycles. The van der Waals surface area contributed by atoms with E-state index < -0.39 is 12.4 Å². The summed E-state index contributed by atoms with van der Waals surface area (Å²) >= 11 is 0. The van der Waals surface area contributed by atoms with Crippen LogP contribution in [0, 0.1) is 0 Å². The molecule has 0 bridgehead atoms. The van der Waals surface area contributed by atoms with Crippen LogP contribution < -0.4 is 0 Å². The minimum absolute atomic E-state index is 0.0436. The molecular weight excluding hydrogens is 304 g/mol. The number of benzene rings is 2. The summed E-state index contributed by atoms with van der Waals surface area (Å²) in [5.74, 6) is 0. The third-order valence-electron chi connectivity index (χ3n) is 4.10. The molecule has 1 fully saturated rings. The number of aliphatic hydroxyl groups excluding tert-OH is 1. The highest BCUT2D eigenvalue weighted by atomic mass is 16.7. The summed E-state index contributed by atoms with van der Waals surface area (Å²) in [6, 6.07) is 20.0. The van der Waals surface area contributed by atoms with Crippen LogP contribution in [0.25, 0.3) is 0 Å². The molecule has 1 aliphatic heterocycles. The molecule has 0 saturated carbocycles. The van der Waals surface area contributed by atoms with E-state index in [0.717, 1.165) is 17.5 Å². The first-order valence-electron chi connectivity index (χ1n) is 8.42. The highest BCUT2D eigenvalue weighted by Crippen LogP contribution is 2.22. The smallest absolute Gasteiger partial charge is 0.184 e. The van der Waals surface area contributed by atoms with Crippen molar-refractivity contribution in [2.45, 2.75) is 44.6 Å². The van der Waals surface area contributed by atoms with Crippen LogP contribution in [0.1, 0.15) is 24.0 Å². The molecule has 1 saturated heterocycles. The summed E-state index contributed by atoms with van der Waals surface area (Å²) in [5.41, 5.74) is 2.21. The molecule has 0 amide bonds. The van der Waals surface area contributed by atoms with Gasteiger partial charge in [-0.1, -0.05) is 60.7 Å². The highest BCUT2D eigenvalue weighted by molar-refractivity contribution is 5.14. The fourth-order valence-corrected chi connectivity index (χ4v) is 2.75. The summed E-state index contributed by atoms with van der Waals surface area (Å²) in [5, 5.41) is 10.1. The molecule has 3 unspecified atom stereocenters. The first-order chi connectivity index (χ1) is 11.8. The van der Waals surface area contributed by atoms with E-state index >= 15 is 0 Å². The number of hydrogen-bond donors (Lipinski definition) is 1. The van der Waals surface area contributed by atoms with Crippen LogP contribution in [0.3, 0.4) is 0 Å². The lowest BCUT2D eigenvalue weighted by molar-refractivity contribution is -0.252. The molecule has 0 spiro atoms. The van der Waals surface area contributed by atoms with E-state index in [2.05, 4.69) is 0 Å². The second-order valence-electron chi connectivity index (χ2n) is 6.07. The van der Waals surface area contributed by atoms with Crippen LogP contribution in [0.5, 0.6) is 0 Å². The Hall–Kier alpha value is -1.72. The van der Waals surface area contributed by atoms with E-state index in [1.807, 2.05) is 60.7 Å². The van der Waals surface area contributed by atoms with Crippen LogP contribution in [-0.2, 0) is 27.4 Å². The molecule has 1 N–H and O–H groups in total. The molecule has 0 aliphatic carbocycles. The Morgan fingerprint density at radius 2 is 1.50 bits per heavy atom. The largest absolute Gasteiger partial charge is 0.388 e. The second kappa shape index (κ2) is 8.94. The van der Waals surface area contributed by atoms with Crippen LogP contribution in [0.4, 0.5) is 0 Å². The Labute approximate surface area is 143 Å². The van der Waals surface area contributed by atoms with Crippen molar-refractivity contribution in [3.8, 4) is 0 Å². The Kier molecular flexibility index (Phi) is 6.38. The van der Waals surface area contributed by atoms with Crippen molar-refractivity contribution in [1.82, 2.24) is 0 Å². The SMILES string of the molecule is OC1CCC(COCc2ccccc2)OC1OCc1ccccc1. The van der Waals surface area contributed by atoms with Gasteiger partial charge in [0.1, 0.15) is 6.10 Å². The van der Waals surface area contributed by atoms with Gasteiger partial charge in [-0.25, -0.2) is 0 Å². The van der Waals surface area contributed by atoms with Gasteiger partial charge in [0, 0.05) is 0 Å². The van der Waals surface area contributed by atoms with E-state index in [4.69, 9.17) is 14.2 Å². The van der Waals surface area contributed by atoms with Crippen LogP contribution in [-0.4, -0.2) is 30.2 Å². The Balaban J connectivity index is 1.43. The summed E-state index contributed by atoms with van der Waals surface area (Å²) in [4.78, 5) is 0. The van der Waals surface area contributed by atoms with Crippen LogP contribution in [0.15, 0.2) is 60.7 Å². The van der Waals surface area contributed by atoms with E-state index in [-0.39, 0.29) is 6.10 Å². The fraction of sp³-hybridized carbons (Fsp3) is 0.400. The van der Waals surface area contributed by atoms with Gasteiger partial charge in [-0.2, -0.15) is 0 Å². The van der Waals surface area contributed by atoms with Crippen molar-refractivity contribution in [2.24, 2.45) is 0 Å². The maximum absolute atomic E-state index is 10.1. The molecule has 4 heteroatoms. The number of rotatable bonds is 7. The lowest BCUT2D eigenvalue weighted by Crippen LogP contribution is -2.42. The Morgan fingerprint density at radius 3 is 2.17 bits per heavy atom. The summed E-state index contributed by atoms with van der Waals surface area (Å²) < 4.78 is 17.4. The average molecular weight is 328 g/mol. The van der Waals surface area contributed by atoms with Crippen LogP contribution in [0.2, 0.25) is 0 Å². The summed E-state index contributed by atoms with van der Waals surface area (Å²) in [6.07, 6.45) is 0.223. The van der Waals surface area contributed by atoms with Gasteiger partial charge in [0.25, 0.3) is 0 Å². The molecule has 0 aromatic heterocycles. The van der Waals surface area contributed by atoms with Gasteiger partial charge in [-0.15, -0.1) is 0 Å². The summed E-state index contributed by atoms with van der Waals surface area (Å²) in [6.45, 7) is 1.51. The molecule has 3 rings (SSSR count). The lowest BCUT2D eigenvalue weighted by atomic mass is 10.1. The quantitative estimate of drug-likeness (QED) is 0.847. The van der Waals surface area contributed by atoms with Gasteiger partial charge >= 0.3 is 0 Å². The predicted octanol–water partition coefficient (Wildman–Crippen LogP) is 3.29. The Morgan fingerprint density at radius 1 is 0.875 bits per heavy atom. The molecular formula is C20H24O4. The van der Waals surface area contributed by atoms with Gasteiger partial charge in [0.05, 0.1) is 25.9 Å². The van der Waals surface area contributed by atoms with Gasteiger partial charge in [-0.05, 0) is 24.0 Å². The highest BCUT2D eigenvalue weighted by Gasteiger charge is 2.30. The standard InChI is InChI=1S/C20H24O4/c21-19-12-11-18(15-22-13-16-7-3-1-4-8-16)24-20(19)23-14-17-9-5-2-6-10-17/h1-10,18-21H,11-15H2. The first-order valence-corrected chi connectivity index (χ1v) is 8.42. The molecule has 24 heavy (non-hydrogen) atoms. The second-order valence-corrected chi connectivity index (χ2v) is 6.07. The fourth-order valence-electron chi connectivity index (χ4n) is 2.75. The van der Waals surface area contributed by atoms with E-state index in [1.165, 1.54) is 0 Å². The van der Waals surface area contributed by atoms with Gasteiger partial charge in [0.15, 0.2) is 6.29 Å². The van der Waals surface area contributed by atoms with Gasteiger partial charge in [0.2, 0.25) is 0 Å². The van der Waals surface area contributed by atoms with Crippen molar-refractivity contribution in [1.29, 1.82) is 0 Å². The maximum Gasteiger partial charge on any atom is 0.184 e. The van der Waals surface area contributed by atoms with Crippen molar-refractivity contribution >= 4 is 0 Å². The topological polar surface area (TPSA) is 47.9 Å². The van der Waals surface area contributed by atoms with E-state index in [9.17, 15) is 5.11 Å². The monoisotopic (exact) mass is 328 g/mol. The minimum Gasteiger partial charge on any atom is -0.388 e. The lowest BCUT2D eigenvalue weighted by Gasteiger charge is -2.33. The van der Waals surface area contributed by atoms with Gasteiger partial charge in [-0.3, -0.25) is 0 Å². The normalized spacial score (nSPS) is 24.0. The zero-order valence-corrected chi connectivity index (χ0v) is 13.7. The third-order valence-corrected chi connectivity index (χ3v) is 4.10. The summed E-state index contributed by atoms with van der Waals surface area (Å²) in [7, 11) is 0. The van der Waals surface area contributed by atoms with Crippen LogP contribution >= 0.6 is 0 Å². The van der Waals surface area contributed by atoms with Gasteiger partial charge < -0.3 is 19.3 Å². The molecule has 128 valence electrons. The predicted molar refractivity (Wildman–Crippen MR) is 91.2 cm³/mol. The molecule has 1 aliphatic rings. The molecule has 4 nitrogen and oxygen atoms in total. The number of aliphatic hydroxyl groups is 1.